The lowest BCUT2D eigenvalue weighted by Crippen LogP contribution is -2.59. The lowest BCUT2D eigenvalue weighted by atomic mass is 9.78. The van der Waals surface area contributed by atoms with Crippen molar-refractivity contribution in [3.63, 3.8) is 0 Å². The second-order valence-corrected chi connectivity index (χ2v) is 6.34. The van der Waals surface area contributed by atoms with Crippen LogP contribution < -0.4 is 5.32 Å². The quantitative estimate of drug-likeness (QED) is 0.810. The summed E-state index contributed by atoms with van der Waals surface area (Å²) < 4.78 is 5.80. The molecule has 0 radical (unpaired) electrons. The van der Waals surface area contributed by atoms with Gasteiger partial charge in [0.25, 0.3) is 0 Å². The van der Waals surface area contributed by atoms with E-state index in [2.05, 4.69) is 24.1 Å². The van der Waals surface area contributed by atoms with E-state index in [9.17, 15) is 5.11 Å². The van der Waals surface area contributed by atoms with Crippen LogP contribution in [0.3, 0.4) is 0 Å². The fourth-order valence-corrected chi connectivity index (χ4v) is 3.73. The first kappa shape index (κ1) is 15.2. The zero-order chi connectivity index (χ0) is 13.9. The minimum absolute atomic E-state index is 0.0667. The van der Waals surface area contributed by atoms with Crippen LogP contribution in [0.1, 0.15) is 46.0 Å². The Morgan fingerprint density at radius 2 is 2.26 bits per heavy atom. The van der Waals surface area contributed by atoms with Gasteiger partial charge in [0.2, 0.25) is 0 Å². The van der Waals surface area contributed by atoms with Gasteiger partial charge in [0.05, 0.1) is 19.3 Å². The van der Waals surface area contributed by atoms with Gasteiger partial charge in [-0.25, -0.2) is 0 Å². The lowest BCUT2D eigenvalue weighted by molar-refractivity contribution is -0.0848. The Hall–Kier alpha value is -0.160. The van der Waals surface area contributed by atoms with Crippen LogP contribution in [0, 0.1) is 0 Å². The first-order valence-electron chi connectivity index (χ1n) is 7.81. The highest BCUT2D eigenvalue weighted by molar-refractivity contribution is 4.97. The second kappa shape index (κ2) is 6.53. The highest BCUT2D eigenvalue weighted by Gasteiger charge is 2.40. The Bertz CT molecular complexity index is 281. The average Bonchev–Trinajstić information content (AvgIpc) is 2.47. The number of hydrogen-bond donors (Lipinski definition) is 2. The van der Waals surface area contributed by atoms with Gasteiger partial charge in [0.15, 0.2) is 0 Å². The van der Waals surface area contributed by atoms with Crippen LogP contribution >= 0.6 is 0 Å². The van der Waals surface area contributed by atoms with Crippen molar-refractivity contribution in [1.29, 1.82) is 0 Å². The van der Waals surface area contributed by atoms with Crippen molar-refractivity contribution in [2.75, 3.05) is 26.8 Å². The predicted octanol–water partition coefficient (Wildman–Crippen LogP) is 1.38. The molecule has 0 bridgehead atoms. The van der Waals surface area contributed by atoms with Crippen LogP contribution in [-0.4, -0.2) is 60.5 Å². The van der Waals surface area contributed by atoms with Gasteiger partial charge in [-0.15, -0.1) is 0 Å². The van der Waals surface area contributed by atoms with E-state index >= 15 is 0 Å². The molecule has 1 aliphatic carbocycles. The van der Waals surface area contributed by atoms with Gasteiger partial charge in [0, 0.05) is 24.2 Å². The highest BCUT2D eigenvalue weighted by Crippen LogP contribution is 2.33. The molecular formula is C15H30N2O2. The maximum absolute atomic E-state index is 9.73. The summed E-state index contributed by atoms with van der Waals surface area (Å²) in [4.78, 5) is 2.65. The molecule has 0 aromatic carbocycles. The van der Waals surface area contributed by atoms with E-state index in [1.54, 1.807) is 0 Å². The third-order valence-corrected chi connectivity index (χ3v) is 5.10. The van der Waals surface area contributed by atoms with Crippen LogP contribution in [0.2, 0.25) is 0 Å². The van der Waals surface area contributed by atoms with Gasteiger partial charge in [-0.1, -0.05) is 6.92 Å². The van der Waals surface area contributed by atoms with Gasteiger partial charge in [0.1, 0.15) is 0 Å². The summed E-state index contributed by atoms with van der Waals surface area (Å²) in [5.74, 6) is 0. The van der Waals surface area contributed by atoms with Crippen molar-refractivity contribution >= 4 is 0 Å². The van der Waals surface area contributed by atoms with E-state index < -0.39 is 0 Å². The molecule has 4 nitrogen and oxygen atoms in total. The third kappa shape index (κ3) is 3.30. The number of aliphatic hydroxyl groups is 1. The molecule has 2 N–H and O–H groups in total. The molecule has 0 aromatic rings. The summed E-state index contributed by atoms with van der Waals surface area (Å²) in [6, 6.07) is 1.14. The Kier molecular flexibility index (Phi) is 5.23. The zero-order valence-electron chi connectivity index (χ0n) is 12.7. The molecule has 0 spiro atoms. The first-order chi connectivity index (χ1) is 9.14. The summed E-state index contributed by atoms with van der Waals surface area (Å²) in [5.41, 5.74) is -0.0667. The molecule has 0 amide bonds. The average molecular weight is 270 g/mol. The monoisotopic (exact) mass is 270 g/mol. The maximum Gasteiger partial charge on any atom is 0.0674 e. The molecule has 4 atom stereocenters. The first-order valence-corrected chi connectivity index (χ1v) is 7.81. The number of hydrogen-bond acceptors (Lipinski definition) is 4. The SMILES string of the molecule is CCC1COC(C)CN1C1CCCC(CO)(NC)C1. The van der Waals surface area contributed by atoms with Gasteiger partial charge < -0.3 is 15.2 Å². The molecular weight excluding hydrogens is 240 g/mol. The Labute approximate surface area is 117 Å². The number of morpholine rings is 1. The van der Waals surface area contributed by atoms with Crippen LogP contribution in [0.15, 0.2) is 0 Å². The molecule has 4 heteroatoms. The van der Waals surface area contributed by atoms with Gasteiger partial charge in [-0.05, 0) is 46.1 Å². The van der Waals surface area contributed by atoms with Crippen molar-refractivity contribution in [3.05, 3.63) is 0 Å². The number of nitrogens with one attached hydrogen (secondary N) is 1. The molecule has 4 unspecified atom stereocenters. The molecule has 1 saturated carbocycles. The normalized spacial score (nSPS) is 41.4. The van der Waals surface area contributed by atoms with Gasteiger partial charge in [-0.2, -0.15) is 0 Å². The van der Waals surface area contributed by atoms with E-state index in [4.69, 9.17) is 4.74 Å². The zero-order valence-corrected chi connectivity index (χ0v) is 12.7. The van der Waals surface area contributed by atoms with Crippen LogP contribution in [0.5, 0.6) is 0 Å². The van der Waals surface area contributed by atoms with Crippen molar-refractivity contribution in [3.8, 4) is 0 Å². The fourth-order valence-electron chi connectivity index (χ4n) is 3.73. The molecule has 1 heterocycles. The molecule has 1 aliphatic heterocycles. The third-order valence-electron chi connectivity index (χ3n) is 5.10. The van der Waals surface area contributed by atoms with Crippen LogP contribution in [0.25, 0.3) is 0 Å². The van der Waals surface area contributed by atoms with E-state index in [1.165, 1.54) is 12.8 Å². The van der Waals surface area contributed by atoms with Crippen molar-refractivity contribution in [2.24, 2.45) is 0 Å². The molecule has 112 valence electrons. The largest absolute Gasteiger partial charge is 0.394 e. The van der Waals surface area contributed by atoms with E-state index in [-0.39, 0.29) is 12.1 Å². The van der Waals surface area contributed by atoms with E-state index in [0.717, 1.165) is 32.4 Å². The van der Waals surface area contributed by atoms with E-state index in [0.29, 0.717) is 18.2 Å². The van der Waals surface area contributed by atoms with Crippen LogP contribution in [-0.2, 0) is 4.74 Å². The Morgan fingerprint density at radius 3 is 2.89 bits per heavy atom. The second-order valence-electron chi connectivity index (χ2n) is 6.34. The Balaban J connectivity index is 2.06. The van der Waals surface area contributed by atoms with Crippen LogP contribution in [0.4, 0.5) is 0 Å². The summed E-state index contributed by atoms with van der Waals surface area (Å²) in [7, 11) is 1.98. The summed E-state index contributed by atoms with van der Waals surface area (Å²) in [6.07, 6.45) is 6.09. The Morgan fingerprint density at radius 1 is 1.47 bits per heavy atom. The molecule has 2 aliphatic rings. The van der Waals surface area contributed by atoms with Gasteiger partial charge in [-0.3, -0.25) is 4.90 Å². The number of ether oxygens (including phenoxy) is 1. The standard InChI is InChI=1S/C15H30N2O2/c1-4-13-10-19-12(2)9-17(13)14-6-5-7-15(8-14,11-18)16-3/h12-14,16,18H,4-11H2,1-3H3. The maximum atomic E-state index is 9.73. The van der Waals surface area contributed by atoms with Crippen molar-refractivity contribution in [1.82, 2.24) is 10.2 Å². The molecule has 0 aromatic heterocycles. The number of aliphatic hydroxyl groups excluding tert-OH is 1. The minimum Gasteiger partial charge on any atom is -0.394 e. The summed E-state index contributed by atoms with van der Waals surface area (Å²) >= 11 is 0. The number of rotatable bonds is 4. The minimum atomic E-state index is -0.0667. The molecule has 19 heavy (non-hydrogen) atoms. The van der Waals surface area contributed by atoms with Crippen molar-refractivity contribution < 1.29 is 9.84 Å². The van der Waals surface area contributed by atoms with E-state index in [1.807, 2.05) is 7.05 Å². The fraction of sp³-hybridized carbons (Fsp3) is 1.00. The lowest BCUT2D eigenvalue weighted by Gasteiger charge is -2.49. The number of likely N-dealkylation sites (N-methyl/N-ethyl adjacent to an activating group) is 1. The molecule has 2 fully saturated rings. The smallest absolute Gasteiger partial charge is 0.0674 e. The van der Waals surface area contributed by atoms with Gasteiger partial charge >= 0.3 is 0 Å². The topological polar surface area (TPSA) is 44.7 Å². The predicted molar refractivity (Wildman–Crippen MR) is 77.3 cm³/mol. The molecule has 2 rings (SSSR count). The molecule has 1 saturated heterocycles. The highest BCUT2D eigenvalue weighted by atomic mass is 16.5. The van der Waals surface area contributed by atoms with Crippen molar-refractivity contribution in [2.45, 2.75) is 69.7 Å². The summed E-state index contributed by atoms with van der Waals surface area (Å²) in [5, 5.41) is 13.1. The number of nitrogens with zero attached hydrogens (tertiary/aromatic N) is 1. The summed E-state index contributed by atoms with van der Waals surface area (Å²) in [6.45, 7) is 6.56.